The van der Waals surface area contributed by atoms with Crippen LogP contribution in [0.15, 0.2) is 29.2 Å². The summed E-state index contributed by atoms with van der Waals surface area (Å²) in [7, 11) is -2.52. The molecule has 0 aliphatic heterocycles. The fourth-order valence-electron chi connectivity index (χ4n) is 1.82. The minimum absolute atomic E-state index is 0.107. The van der Waals surface area contributed by atoms with Gasteiger partial charge in [0.1, 0.15) is 0 Å². The number of hydrogen-bond donors (Lipinski definition) is 2. The summed E-state index contributed by atoms with van der Waals surface area (Å²) in [6.45, 7) is 3.86. The van der Waals surface area contributed by atoms with E-state index in [4.69, 9.17) is 5.11 Å². The molecule has 0 radical (unpaired) electrons. The highest BCUT2D eigenvalue weighted by Crippen LogP contribution is 2.13. The van der Waals surface area contributed by atoms with Crippen LogP contribution < -0.4 is 4.72 Å². The maximum atomic E-state index is 12.0. The average molecular weight is 315 g/mol. The van der Waals surface area contributed by atoms with Crippen LogP contribution in [-0.2, 0) is 26.0 Å². The average Bonchev–Trinajstić information content (AvgIpc) is 2.38. The monoisotopic (exact) mass is 315 g/mol. The fraction of sp³-hybridized carbons (Fsp3) is 0.500. The van der Waals surface area contributed by atoms with Gasteiger partial charge >= 0.3 is 5.97 Å². The van der Waals surface area contributed by atoms with E-state index in [0.717, 1.165) is 12.0 Å². The van der Waals surface area contributed by atoms with Gasteiger partial charge in [0.15, 0.2) is 6.10 Å². The second-order valence-corrected chi connectivity index (χ2v) is 6.92. The highest BCUT2D eigenvalue weighted by Gasteiger charge is 2.21. The molecule has 0 saturated carbocycles. The molecule has 0 aliphatic carbocycles. The van der Waals surface area contributed by atoms with Crippen molar-refractivity contribution in [3.63, 3.8) is 0 Å². The van der Waals surface area contributed by atoms with Crippen molar-refractivity contribution in [2.45, 2.75) is 31.3 Å². The van der Waals surface area contributed by atoms with Gasteiger partial charge < -0.3 is 9.84 Å². The van der Waals surface area contributed by atoms with Gasteiger partial charge in [0.05, 0.1) is 4.90 Å². The Morgan fingerprint density at radius 2 is 1.86 bits per heavy atom. The Morgan fingerprint density at radius 3 is 2.29 bits per heavy atom. The van der Waals surface area contributed by atoms with Crippen molar-refractivity contribution in [3.05, 3.63) is 29.8 Å². The lowest BCUT2D eigenvalue weighted by Gasteiger charge is -2.12. The van der Waals surface area contributed by atoms with E-state index < -0.39 is 22.1 Å². The third kappa shape index (κ3) is 5.45. The van der Waals surface area contributed by atoms with Crippen LogP contribution in [0.3, 0.4) is 0 Å². The summed E-state index contributed by atoms with van der Waals surface area (Å²) >= 11 is 0. The van der Waals surface area contributed by atoms with Gasteiger partial charge in [-0.15, -0.1) is 0 Å². The number of hydrogen-bond acceptors (Lipinski definition) is 4. The zero-order chi connectivity index (χ0) is 16.0. The Balaban J connectivity index is 2.76. The number of carbonyl (C=O) groups is 1. The summed E-state index contributed by atoms with van der Waals surface area (Å²) in [5, 5.41) is 8.80. The lowest BCUT2D eigenvalue weighted by molar-refractivity contribution is -0.147. The van der Waals surface area contributed by atoms with Crippen molar-refractivity contribution in [1.29, 1.82) is 0 Å². The van der Waals surface area contributed by atoms with Gasteiger partial charge in [-0.25, -0.2) is 17.9 Å². The van der Waals surface area contributed by atoms with E-state index in [-0.39, 0.29) is 11.4 Å². The van der Waals surface area contributed by atoms with Gasteiger partial charge in [-0.3, -0.25) is 0 Å². The molecule has 1 atom stereocenters. The molecule has 6 nitrogen and oxygen atoms in total. The van der Waals surface area contributed by atoms with Gasteiger partial charge in [0.2, 0.25) is 10.0 Å². The molecule has 7 heteroatoms. The molecule has 0 aliphatic rings. The molecule has 21 heavy (non-hydrogen) atoms. The van der Waals surface area contributed by atoms with Gasteiger partial charge in [-0.1, -0.05) is 26.0 Å². The standard InChI is InChI=1S/C14H21NO5S/c1-10(2)8-11-4-6-12(7-5-11)21(18,19)15-9-13(20-3)14(16)17/h4-7,10,13,15H,8-9H2,1-3H3,(H,16,17). The van der Waals surface area contributed by atoms with Crippen molar-refractivity contribution in [3.8, 4) is 0 Å². The zero-order valence-electron chi connectivity index (χ0n) is 12.4. The molecule has 0 amide bonds. The summed E-state index contributed by atoms with van der Waals surface area (Å²) < 4.78 is 31.0. The van der Waals surface area contributed by atoms with Crippen molar-refractivity contribution < 1.29 is 23.1 Å². The molecular formula is C14H21NO5S. The van der Waals surface area contributed by atoms with E-state index in [1.807, 2.05) is 0 Å². The van der Waals surface area contributed by atoms with E-state index in [2.05, 4.69) is 23.3 Å². The number of benzene rings is 1. The van der Waals surface area contributed by atoms with Gasteiger partial charge in [-0.05, 0) is 30.0 Å². The maximum Gasteiger partial charge on any atom is 0.334 e. The molecule has 1 unspecified atom stereocenters. The zero-order valence-corrected chi connectivity index (χ0v) is 13.2. The molecule has 0 saturated heterocycles. The van der Waals surface area contributed by atoms with Crippen molar-refractivity contribution >= 4 is 16.0 Å². The van der Waals surface area contributed by atoms with Crippen LogP contribution in [0.5, 0.6) is 0 Å². The van der Waals surface area contributed by atoms with Crippen LogP contribution in [0.4, 0.5) is 0 Å². The molecule has 1 aromatic rings. The summed E-state index contributed by atoms with van der Waals surface area (Å²) in [4.78, 5) is 10.9. The minimum Gasteiger partial charge on any atom is -0.479 e. The topological polar surface area (TPSA) is 92.7 Å². The van der Waals surface area contributed by atoms with Crippen LogP contribution in [0, 0.1) is 5.92 Å². The first-order valence-corrected chi connectivity index (χ1v) is 8.08. The minimum atomic E-state index is -3.74. The summed E-state index contributed by atoms with van der Waals surface area (Å²) in [5.41, 5.74) is 1.06. The van der Waals surface area contributed by atoms with E-state index in [0.29, 0.717) is 5.92 Å². The van der Waals surface area contributed by atoms with E-state index in [9.17, 15) is 13.2 Å². The Kier molecular flexibility index (Phi) is 6.32. The first-order valence-electron chi connectivity index (χ1n) is 6.60. The molecule has 118 valence electrons. The third-order valence-corrected chi connectivity index (χ3v) is 4.34. The first-order chi connectivity index (χ1) is 9.76. The molecule has 1 aromatic carbocycles. The molecule has 1 rings (SSSR count). The quantitative estimate of drug-likeness (QED) is 0.753. The van der Waals surface area contributed by atoms with Crippen LogP contribution in [0.1, 0.15) is 19.4 Å². The number of carboxylic acids is 1. The van der Waals surface area contributed by atoms with Crippen LogP contribution in [0.25, 0.3) is 0 Å². The predicted octanol–water partition coefficient (Wildman–Crippen LogP) is 1.26. The van der Waals surface area contributed by atoms with Gasteiger partial charge in [0.25, 0.3) is 0 Å². The molecule has 0 fully saturated rings. The lowest BCUT2D eigenvalue weighted by Crippen LogP contribution is -2.37. The second kappa shape index (κ2) is 7.53. The number of aliphatic carboxylic acids is 1. The lowest BCUT2D eigenvalue weighted by atomic mass is 10.0. The van der Waals surface area contributed by atoms with Crippen molar-refractivity contribution in [1.82, 2.24) is 4.72 Å². The molecule has 0 bridgehead atoms. The largest absolute Gasteiger partial charge is 0.479 e. The second-order valence-electron chi connectivity index (χ2n) is 5.16. The molecule has 2 N–H and O–H groups in total. The van der Waals surface area contributed by atoms with E-state index in [1.165, 1.54) is 19.2 Å². The van der Waals surface area contributed by atoms with Gasteiger partial charge in [-0.2, -0.15) is 0 Å². The summed E-state index contributed by atoms with van der Waals surface area (Å²) in [6, 6.07) is 6.56. The van der Waals surface area contributed by atoms with Crippen molar-refractivity contribution in [2.75, 3.05) is 13.7 Å². The number of methoxy groups -OCH3 is 1. The number of carboxylic acid groups (broad SMARTS) is 1. The van der Waals surface area contributed by atoms with Crippen LogP contribution in [-0.4, -0.2) is 39.3 Å². The van der Waals surface area contributed by atoms with Crippen LogP contribution in [0.2, 0.25) is 0 Å². The number of ether oxygens (including phenoxy) is 1. The molecule has 0 spiro atoms. The Hall–Kier alpha value is -1.44. The SMILES string of the molecule is COC(CNS(=O)(=O)c1ccc(CC(C)C)cc1)C(=O)O. The van der Waals surface area contributed by atoms with E-state index >= 15 is 0 Å². The number of sulfonamides is 1. The molecule has 0 aromatic heterocycles. The highest BCUT2D eigenvalue weighted by atomic mass is 32.2. The van der Waals surface area contributed by atoms with Crippen LogP contribution >= 0.6 is 0 Å². The van der Waals surface area contributed by atoms with Gasteiger partial charge in [0, 0.05) is 13.7 Å². The number of rotatable bonds is 8. The Morgan fingerprint density at radius 1 is 1.29 bits per heavy atom. The first kappa shape index (κ1) is 17.6. The fourth-order valence-corrected chi connectivity index (χ4v) is 2.85. The summed E-state index contributed by atoms with van der Waals surface area (Å²) in [5.74, 6) is -0.726. The Labute approximate surface area is 125 Å². The normalized spacial score (nSPS) is 13.3. The number of nitrogens with one attached hydrogen (secondary N) is 1. The highest BCUT2D eigenvalue weighted by molar-refractivity contribution is 7.89. The Bertz CT molecular complexity index is 566. The smallest absolute Gasteiger partial charge is 0.334 e. The predicted molar refractivity (Wildman–Crippen MR) is 78.6 cm³/mol. The molecule has 0 heterocycles. The van der Waals surface area contributed by atoms with E-state index in [1.54, 1.807) is 12.1 Å². The molecular weight excluding hydrogens is 294 g/mol. The maximum absolute atomic E-state index is 12.0. The third-order valence-electron chi connectivity index (χ3n) is 2.90. The van der Waals surface area contributed by atoms with Crippen molar-refractivity contribution in [2.24, 2.45) is 5.92 Å². The summed E-state index contributed by atoms with van der Waals surface area (Å²) in [6.07, 6.45) is -0.335.